The summed E-state index contributed by atoms with van der Waals surface area (Å²) >= 11 is 7.25. The van der Waals surface area contributed by atoms with Crippen LogP contribution in [0.2, 0.25) is 5.02 Å². The molecule has 0 saturated heterocycles. The second-order valence-electron chi connectivity index (χ2n) is 4.28. The van der Waals surface area contributed by atoms with E-state index in [2.05, 4.69) is 0 Å². The van der Waals surface area contributed by atoms with Gasteiger partial charge in [-0.1, -0.05) is 29.8 Å². The number of hydrogen-bond acceptors (Lipinski definition) is 4. The number of benzene rings is 1. The van der Waals surface area contributed by atoms with Crippen LogP contribution in [0.1, 0.15) is 10.4 Å². The molecule has 20 heavy (non-hydrogen) atoms. The highest BCUT2D eigenvalue weighted by Gasteiger charge is 2.23. The Kier molecular flexibility index (Phi) is 4.82. The highest BCUT2D eigenvalue weighted by Crippen LogP contribution is 2.26. The first-order valence-corrected chi connectivity index (χ1v) is 8.57. The average molecular weight is 331 g/mol. The minimum absolute atomic E-state index is 0.234. The molecule has 0 aliphatic carbocycles. The van der Waals surface area contributed by atoms with Gasteiger partial charge in [-0.05, 0) is 23.8 Å². The van der Waals surface area contributed by atoms with E-state index in [1.807, 2.05) is 18.2 Å². The number of thiophene rings is 1. The van der Waals surface area contributed by atoms with Gasteiger partial charge in [0, 0.05) is 30.0 Å². The van der Waals surface area contributed by atoms with Crippen LogP contribution in [0.4, 0.5) is 0 Å². The van der Waals surface area contributed by atoms with E-state index in [9.17, 15) is 8.42 Å². The Morgan fingerprint density at radius 2 is 1.95 bits per heavy atom. The quantitative estimate of drug-likeness (QED) is 0.916. The molecule has 1 heterocycles. The smallest absolute Gasteiger partial charge is 0.252 e. The largest absolute Gasteiger partial charge is 0.326 e. The van der Waals surface area contributed by atoms with Crippen LogP contribution in [0.5, 0.6) is 0 Å². The molecule has 7 heteroatoms. The molecular weight excluding hydrogens is 316 g/mol. The molecule has 0 bridgehead atoms. The van der Waals surface area contributed by atoms with Gasteiger partial charge in [0.25, 0.3) is 10.0 Å². The summed E-state index contributed by atoms with van der Waals surface area (Å²) in [5, 5.41) is 0.559. The zero-order chi connectivity index (χ0) is 14.8. The maximum Gasteiger partial charge on any atom is 0.252 e. The summed E-state index contributed by atoms with van der Waals surface area (Å²) in [4.78, 5) is 0.842. The van der Waals surface area contributed by atoms with E-state index in [1.165, 1.54) is 15.6 Å². The Hall–Kier alpha value is -0.920. The lowest BCUT2D eigenvalue weighted by molar-refractivity contribution is 0.468. The molecule has 1 aromatic carbocycles. The van der Waals surface area contributed by atoms with Crippen molar-refractivity contribution in [3.05, 3.63) is 51.9 Å². The Morgan fingerprint density at radius 3 is 2.55 bits per heavy atom. The predicted molar refractivity (Wildman–Crippen MR) is 82.3 cm³/mol. The van der Waals surface area contributed by atoms with Crippen molar-refractivity contribution < 1.29 is 8.42 Å². The molecule has 0 spiro atoms. The Balaban J connectivity index is 2.23. The highest BCUT2D eigenvalue weighted by molar-refractivity contribution is 7.91. The molecule has 0 aliphatic heterocycles. The second kappa shape index (κ2) is 6.24. The molecule has 0 aliphatic rings. The zero-order valence-corrected chi connectivity index (χ0v) is 13.3. The van der Waals surface area contributed by atoms with Gasteiger partial charge < -0.3 is 5.73 Å². The van der Waals surface area contributed by atoms with Crippen LogP contribution in [0, 0.1) is 0 Å². The molecular formula is C13H15ClN2O2S2. The SMILES string of the molecule is CN(Cc1ccccc1Cl)S(=O)(=O)c1ccc(CN)s1. The summed E-state index contributed by atoms with van der Waals surface area (Å²) in [7, 11) is -1.96. The van der Waals surface area contributed by atoms with Crippen LogP contribution in [-0.2, 0) is 23.1 Å². The minimum Gasteiger partial charge on any atom is -0.326 e. The molecule has 1 aromatic heterocycles. The number of nitrogens with zero attached hydrogens (tertiary/aromatic N) is 1. The molecule has 108 valence electrons. The van der Waals surface area contributed by atoms with Gasteiger partial charge in [0.15, 0.2) is 0 Å². The Labute approximate surface area is 127 Å². The molecule has 2 N–H and O–H groups in total. The Bertz CT molecular complexity index is 698. The zero-order valence-electron chi connectivity index (χ0n) is 10.9. The molecule has 0 radical (unpaired) electrons. The fraction of sp³-hybridized carbons (Fsp3) is 0.231. The lowest BCUT2D eigenvalue weighted by atomic mass is 10.2. The Morgan fingerprint density at radius 1 is 1.25 bits per heavy atom. The first kappa shape index (κ1) is 15.5. The van der Waals surface area contributed by atoms with Crippen LogP contribution in [-0.4, -0.2) is 19.8 Å². The number of sulfonamides is 1. The molecule has 0 atom stereocenters. The number of rotatable bonds is 5. The van der Waals surface area contributed by atoms with Gasteiger partial charge in [-0.2, -0.15) is 4.31 Å². The third-order valence-electron chi connectivity index (χ3n) is 2.85. The van der Waals surface area contributed by atoms with Crippen LogP contribution >= 0.6 is 22.9 Å². The van der Waals surface area contributed by atoms with Crippen LogP contribution in [0.15, 0.2) is 40.6 Å². The molecule has 0 fully saturated rings. The van der Waals surface area contributed by atoms with Crippen molar-refractivity contribution >= 4 is 33.0 Å². The summed E-state index contributed by atoms with van der Waals surface area (Å²) in [6.07, 6.45) is 0. The van der Waals surface area contributed by atoms with Crippen molar-refractivity contribution in [2.45, 2.75) is 17.3 Å². The van der Waals surface area contributed by atoms with Crippen molar-refractivity contribution in [2.24, 2.45) is 5.73 Å². The van der Waals surface area contributed by atoms with Gasteiger partial charge in [-0.15, -0.1) is 11.3 Å². The van der Waals surface area contributed by atoms with Crippen molar-refractivity contribution in [3.8, 4) is 0 Å². The van der Waals surface area contributed by atoms with Crippen LogP contribution in [0.25, 0.3) is 0 Å². The molecule has 2 rings (SSSR count). The lowest BCUT2D eigenvalue weighted by Crippen LogP contribution is -2.25. The summed E-state index contributed by atoms with van der Waals surface area (Å²) < 4.78 is 26.4. The van der Waals surface area contributed by atoms with Gasteiger partial charge in [-0.25, -0.2) is 8.42 Å². The average Bonchev–Trinajstić information content (AvgIpc) is 2.90. The fourth-order valence-electron chi connectivity index (χ4n) is 1.71. The summed E-state index contributed by atoms with van der Waals surface area (Å²) in [5.41, 5.74) is 6.28. The molecule has 0 saturated carbocycles. The standard InChI is InChI=1S/C13H15ClN2O2S2/c1-16(9-10-4-2-3-5-12(10)14)20(17,18)13-7-6-11(8-15)19-13/h2-7H,8-9,15H2,1H3. The maximum atomic E-state index is 12.4. The predicted octanol–water partition coefficient (Wildman–Crippen LogP) is 2.68. The van der Waals surface area contributed by atoms with E-state index in [0.717, 1.165) is 10.4 Å². The van der Waals surface area contributed by atoms with E-state index in [-0.39, 0.29) is 6.54 Å². The van der Waals surface area contributed by atoms with Crippen molar-refractivity contribution in [1.29, 1.82) is 0 Å². The van der Waals surface area contributed by atoms with E-state index in [1.54, 1.807) is 25.2 Å². The monoisotopic (exact) mass is 330 g/mol. The third-order valence-corrected chi connectivity index (χ3v) is 6.60. The van der Waals surface area contributed by atoms with Gasteiger partial charge in [0.2, 0.25) is 0 Å². The highest BCUT2D eigenvalue weighted by atomic mass is 35.5. The van der Waals surface area contributed by atoms with E-state index < -0.39 is 10.0 Å². The van der Waals surface area contributed by atoms with Crippen molar-refractivity contribution in [3.63, 3.8) is 0 Å². The van der Waals surface area contributed by atoms with Crippen molar-refractivity contribution in [2.75, 3.05) is 7.05 Å². The number of hydrogen-bond donors (Lipinski definition) is 1. The van der Waals surface area contributed by atoms with Crippen LogP contribution < -0.4 is 5.73 Å². The van der Waals surface area contributed by atoms with Gasteiger partial charge in [0.05, 0.1) is 0 Å². The molecule has 0 amide bonds. The summed E-state index contributed by atoms with van der Waals surface area (Å²) in [6, 6.07) is 10.5. The summed E-state index contributed by atoms with van der Waals surface area (Å²) in [5.74, 6) is 0. The lowest BCUT2D eigenvalue weighted by Gasteiger charge is -2.16. The third kappa shape index (κ3) is 3.21. The first-order valence-electron chi connectivity index (χ1n) is 5.93. The fourth-order valence-corrected chi connectivity index (χ4v) is 4.50. The van der Waals surface area contributed by atoms with E-state index in [0.29, 0.717) is 15.8 Å². The van der Waals surface area contributed by atoms with Crippen molar-refractivity contribution in [1.82, 2.24) is 4.31 Å². The molecule has 0 unspecified atom stereocenters. The second-order valence-corrected chi connectivity index (χ2v) is 8.12. The van der Waals surface area contributed by atoms with E-state index in [4.69, 9.17) is 17.3 Å². The summed E-state index contributed by atoms with van der Waals surface area (Å²) in [6.45, 7) is 0.576. The normalized spacial score (nSPS) is 12.0. The minimum atomic E-state index is -3.51. The molecule has 4 nitrogen and oxygen atoms in total. The van der Waals surface area contributed by atoms with Gasteiger partial charge in [-0.3, -0.25) is 0 Å². The first-order chi connectivity index (χ1) is 9.45. The number of nitrogens with two attached hydrogens (primary N) is 1. The topological polar surface area (TPSA) is 63.4 Å². The van der Waals surface area contributed by atoms with Gasteiger partial charge in [0.1, 0.15) is 4.21 Å². The number of halogens is 1. The van der Waals surface area contributed by atoms with E-state index >= 15 is 0 Å². The van der Waals surface area contributed by atoms with Gasteiger partial charge >= 0.3 is 0 Å². The van der Waals surface area contributed by atoms with Crippen LogP contribution in [0.3, 0.4) is 0 Å². The molecule has 2 aromatic rings. The maximum absolute atomic E-state index is 12.4.